The Labute approximate surface area is 508 Å². The van der Waals surface area contributed by atoms with Crippen molar-refractivity contribution in [2.45, 2.75) is 249 Å². The fraction of sp³-hybridized carbons (Fsp3) is 0.884. The molecule has 24 atom stereocenters. The van der Waals surface area contributed by atoms with E-state index in [1.807, 2.05) is 83.1 Å². The molecule has 10 aliphatic rings. The Kier molecular flexibility index (Phi) is 24.7. The van der Waals surface area contributed by atoms with Crippen molar-refractivity contribution in [3.8, 4) is 0 Å². The second-order valence-electron chi connectivity index (χ2n) is 29.4. The van der Waals surface area contributed by atoms with Gasteiger partial charge in [-0.3, -0.25) is 33.6 Å². The molecular weight excluding hydrogens is 1070 g/mol. The van der Waals surface area contributed by atoms with Gasteiger partial charge in [0.2, 0.25) is 0 Å². The molecule has 2 aliphatic heterocycles. The Morgan fingerprint density at radius 1 is 0.548 bits per heavy atom. The van der Waals surface area contributed by atoms with E-state index < -0.39 is 45.7 Å². The zero-order chi connectivity index (χ0) is 57.8. The third kappa shape index (κ3) is 13.9. The van der Waals surface area contributed by atoms with Crippen LogP contribution in [0, 0.1) is 136 Å². The SMILES string of the molecule is C.C.C.C.C.C.CC1C(=O)OC(=O)C1C1C(C)C2CC1C1C2C2CC1C(C)(C(=O)OCC(=O)OC(C)(C)C)C2.CC1C(=O)OC(=O)C1C1C(C)C2CC1C1C2C2CC1C(C)(O)C2.CCC(C)C(=O)OC(C)(C)CCC(C)(C)OC(=O)C(C)CC. The van der Waals surface area contributed by atoms with Crippen molar-refractivity contribution in [1.82, 2.24) is 0 Å². The van der Waals surface area contributed by atoms with Crippen LogP contribution in [-0.4, -0.2) is 81.9 Å². The van der Waals surface area contributed by atoms with Crippen LogP contribution in [0.1, 0.15) is 226 Å². The molecule has 10 rings (SSSR count). The molecule has 2 heterocycles. The number of carbonyl (C=O) groups is 8. The van der Waals surface area contributed by atoms with Gasteiger partial charge >= 0.3 is 47.8 Å². The number of esters is 8. The van der Waals surface area contributed by atoms with Crippen LogP contribution in [-0.2, 0) is 66.8 Å². The van der Waals surface area contributed by atoms with E-state index in [0.717, 1.165) is 44.4 Å². The predicted molar refractivity (Wildman–Crippen MR) is 327 cm³/mol. The molecule has 1 N–H and O–H groups in total. The molecule has 8 saturated carbocycles. The number of hydrogen-bond donors (Lipinski definition) is 1. The number of aliphatic hydroxyl groups is 1. The molecule has 0 spiro atoms. The van der Waals surface area contributed by atoms with Gasteiger partial charge in [-0.2, -0.15) is 0 Å². The Morgan fingerprint density at radius 2 is 0.929 bits per heavy atom. The molecule has 0 radical (unpaired) electrons. The van der Waals surface area contributed by atoms with Gasteiger partial charge in [-0.05, 0) is 221 Å². The molecule has 10 fully saturated rings. The first-order valence-corrected chi connectivity index (χ1v) is 30.2. The first-order valence-electron chi connectivity index (χ1n) is 30.2. The van der Waals surface area contributed by atoms with Crippen molar-refractivity contribution in [1.29, 1.82) is 0 Å². The summed E-state index contributed by atoms with van der Waals surface area (Å²) in [6, 6.07) is 0. The van der Waals surface area contributed by atoms with Crippen LogP contribution in [0.25, 0.3) is 0 Å². The van der Waals surface area contributed by atoms with Gasteiger partial charge in [-0.25, -0.2) is 4.79 Å². The van der Waals surface area contributed by atoms with Crippen LogP contribution in [0.15, 0.2) is 0 Å². The lowest BCUT2D eigenvalue weighted by Crippen LogP contribution is -2.49. The van der Waals surface area contributed by atoms with Crippen molar-refractivity contribution in [3.05, 3.63) is 0 Å². The molecule has 15 heteroatoms. The van der Waals surface area contributed by atoms with E-state index >= 15 is 0 Å². The third-order valence-corrected chi connectivity index (χ3v) is 22.5. The smallest absolute Gasteiger partial charge is 0.344 e. The van der Waals surface area contributed by atoms with Crippen LogP contribution >= 0.6 is 0 Å². The molecule has 486 valence electrons. The Bertz CT molecular complexity index is 2330. The summed E-state index contributed by atoms with van der Waals surface area (Å²) < 4.78 is 31.9. The normalized spacial score (nSPS) is 39.9. The minimum absolute atomic E-state index is 0. The van der Waals surface area contributed by atoms with E-state index in [1.54, 1.807) is 20.8 Å². The average molecular weight is 1190 g/mol. The number of rotatable bonds is 14. The van der Waals surface area contributed by atoms with Gasteiger partial charge in [0.05, 0.1) is 46.5 Å². The zero-order valence-electron chi connectivity index (χ0n) is 50.1. The van der Waals surface area contributed by atoms with E-state index in [9.17, 15) is 43.5 Å². The maximum atomic E-state index is 13.2. The summed E-state index contributed by atoms with van der Waals surface area (Å²) in [4.78, 5) is 97.9. The summed E-state index contributed by atoms with van der Waals surface area (Å²) in [6.07, 6.45) is 9.02. The topological polar surface area (TPSA) is 212 Å². The van der Waals surface area contributed by atoms with E-state index in [-0.39, 0.29) is 134 Å². The Balaban J connectivity index is 0.000000427. The van der Waals surface area contributed by atoms with Gasteiger partial charge in [0.1, 0.15) is 16.8 Å². The molecule has 0 aromatic carbocycles. The summed E-state index contributed by atoms with van der Waals surface area (Å²) in [5, 5.41) is 10.8. The van der Waals surface area contributed by atoms with Crippen LogP contribution in [0.2, 0.25) is 0 Å². The Hall–Kier alpha value is -3.88. The second-order valence-corrected chi connectivity index (χ2v) is 29.4. The van der Waals surface area contributed by atoms with Crippen molar-refractivity contribution in [2.24, 2.45) is 136 Å². The van der Waals surface area contributed by atoms with Crippen molar-refractivity contribution >= 4 is 47.8 Å². The maximum absolute atomic E-state index is 13.2. The monoisotopic (exact) mass is 1190 g/mol. The van der Waals surface area contributed by atoms with Crippen LogP contribution in [0.4, 0.5) is 0 Å². The molecular formula is C69H120O15. The highest BCUT2D eigenvalue weighted by Gasteiger charge is 2.74. The fourth-order valence-electron chi connectivity index (χ4n) is 18.7. The lowest BCUT2D eigenvalue weighted by Gasteiger charge is -2.48. The highest BCUT2D eigenvalue weighted by Crippen LogP contribution is 2.76. The molecule has 0 amide bonds. The van der Waals surface area contributed by atoms with E-state index in [0.29, 0.717) is 83.9 Å². The van der Waals surface area contributed by atoms with Gasteiger partial charge in [0.25, 0.3) is 0 Å². The molecule has 8 bridgehead atoms. The molecule has 0 aromatic rings. The first kappa shape index (κ1) is 76.2. The second kappa shape index (κ2) is 27.2. The number of ether oxygens (including phenoxy) is 6. The summed E-state index contributed by atoms with van der Waals surface area (Å²) in [6.45, 7) is 32.5. The standard InChI is InChI=1S/C26H36O7.C19H26O4.C18H34O4.6CH4/c1-11-14-8-15(18(11)19-12(2)22(28)32-23(19)29)21-16-7-13(20(14)21)9-26(16,6)24(30)31-10-17(27)33-25(3,4)5;1-7-10-5-11(13(7)14-8(2)17(20)23-18(14)21)16-12-4-9(15(10)16)6-19(12,3)22;1-9-13(3)15(19)21-17(5,6)11-12-18(7,8)22-16(20)14(4)10-2;;;;;;/h11-16,18-21H,7-10H2,1-6H3;7-16,22H,4-6H2,1-3H3;13-14H,9-12H2,1-8H3;6*1H4. The third-order valence-electron chi connectivity index (χ3n) is 22.5. The molecule has 0 aromatic heterocycles. The van der Waals surface area contributed by atoms with Gasteiger partial charge in [0.15, 0.2) is 6.61 Å². The van der Waals surface area contributed by atoms with Crippen molar-refractivity contribution in [3.63, 3.8) is 0 Å². The van der Waals surface area contributed by atoms with Gasteiger partial charge < -0.3 is 33.5 Å². The molecule has 84 heavy (non-hydrogen) atoms. The number of hydrogen-bond acceptors (Lipinski definition) is 15. The number of carbonyl (C=O) groups excluding carboxylic acids is 8. The zero-order valence-corrected chi connectivity index (χ0v) is 50.1. The molecule has 15 nitrogen and oxygen atoms in total. The minimum Gasteiger partial charge on any atom is -0.459 e. The van der Waals surface area contributed by atoms with E-state index in [1.165, 1.54) is 12.8 Å². The molecule has 2 saturated heterocycles. The Morgan fingerprint density at radius 3 is 1.30 bits per heavy atom. The minimum atomic E-state index is -0.623. The van der Waals surface area contributed by atoms with Crippen LogP contribution in [0.5, 0.6) is 0 Å². The lowest BCUT2D eigenvalue weighted by atomic mass is 9.55. The summed E-state index contributed by atoms with van der Waals surface area (Å²) >= 11 is 0. The maximum Gasteiger partial charge on any atom is 0.344 e. The molecule has 24 unspecified atom stereocenters. The number of fused-ring (bicyclic) bond motifs is 18. The average Bonchev–Trinajstić information content (AvgIpc) is 4.24. The van der Waals surface area contributed by atoms with Gasteiger partial charge in [-0.1, -0.05) is 99.9 Å². The van der Waals surface area contributed by atoms with Crippen LogP contribution < -0.4 is 0 Å². The van der Waals surface area contributed by atoms with Gasteiger partial charge in [0, 0.05) is 0 Å². The molecule has 8 aliphatic carbocycles. The summed E-state index contributed by atoms with van der Waals surface area (Å²) in [7, 11) is 0. The highest BCUT2D eigenvalue weighted by molar-refractivity contribution is 5.97. The van der Waals surface area contributed by atoms with E-state index in [4.69, 9.17) is 28.4 Å². The van der Waals surface area contributed by atoms with Crippen LogP contribution in [0.3, 0.4) is 0 Å². The van der Waals surface area contributed by atoms with Crippen molar-refractivity contribution < 1.29 is 71.9 Å². The summed E-state index contributed by atoms with van der Waals surface area (Å²) in [5.74, 6) is 3.24. The largest absolute Gasteiger partial charge is 0.459 e. The van der Waals surface area contributed by atoms with Crippen molar-refractivity contribution in [2.75, 3.05) is 6.61 Å². The summed E-state index contributed by atoms with van der Waals surface area (Å²) in [5.41, 5.74) is -2.88. The fourth-order valence-corrected chi connectivity index (χ4v) is 18.7. The highest BCUT2D eigenvalue weighted by atomic mass is 16.6. The quantitative estimate of drug-likeness (QED) is 0.0741. The number of cyclic esters (lactones) is 4. The predicted octanol–water partition coefficient (Wildman–Crippen LogP) is 14.0. The van der Waals surface area contributed by atoms with E-state index in [2.05, 4.69) is 13.8 Å². The van der Waals surface area contributed by atoms with Gasteiger partial charge in [-0.15, -0.1) is 0 Å². The lowest BCUT2D eigenvalue weighted by molar-refractivity contribution is -0.175. The first-order chi connectivity index (χ1) is 36.1.